The second-order valence-corrected chi connectivity index (χ2v) is 34.4. The van der Waals surface area contributed by atoms with Crippen LogP contribution in [-0.4, -0.2) is 12.3 Å². The molecule has 3 heterocycles. The number of fused-ring (bicyclic) bond motifs is 11. The summed E-state index contributed by atoms with van der Waals surface area (Å²) in [6, 6.07) is 91.1. The molecule has 4 heteroatoms. The predicted octanol–water partition coefficient (Wildman–Crippen LogP) is 23.0. The van der Waals surface area contributed by atoms with E-state index in [4.69, 9.17) is 0 Å². The van der Waals surface area contributed by atoms with Crippen LogP contribution >= 0.6 is 0 Å². The van der Waals surface area contributed by atoms with Crippen LogP contribution in [-0.2, 0) is 37.9 Å². The van der Waals surface area contributed by atoms with E-state index >= 15 is 0 Å². The third-order valence-corrected chi connectivity index (χ3v) is 25.4. The zero-order chi connectivity index (χ0) is 68.2. The lowest BCUT2D eigenvalue weighted by Gasteiger charge is -2.52. The van der Waals surface area contributed by atoms with Gasteiger partial charge in [0.25, 0.3) is 6.71 Å². The molecule has 0 saturated heterocycles. The molecule has 6 aliphatic rings. The van der Waals surface area contributed by atoms with E-state index in [-0.39, 0.29) is 50.2 Å². The van der Waals surface area contributed by atoms with Gasteiger partial charge in [0.15, 0.2) is 0 Å². The molecule has 17 rings (SSSR count). The highest BCUT2D eigenvalue weighted by atomic mass is 15.3. The van der Waals surface area contributed by atoms with Gasteiger partial charge in [0.2, 0.25) is 0 Å². The van der Waals surface area contributed by atoms with E-state index in [1.807, 2.05) is 0 Å². The number of rotatable bonds is 6. The second kappa shape index (κ2) is 21.2. The highest BCUT2D eigenvalue weighted by molar-refractivity contribution is 7.00. The van der Waals surface area contributed by atoms with Crippen molar-refractivity contribution in [2.24, 2.45) is 0 Å². The Kier molecular flexibility index (Phi) is 13.5. The molecule has 0 N–H and O–H groups in total. The summed E-state index contributed by atoms with van der Waals surface area (Å²) < 4.78 is 0. The van der Waals surface area contributed by atoms with Gasteiger partial charge in [0.05, 0.1) is 16.9 Å². The van der Waals surface area contributed by atoms with Gasteiger partial charge in [0.1, 0.15) is 0 Å². The van der Waals surface area contributed by atoms with Crippen LogP contribution in [0.2, 0.25) is 0 Å². The van der Waals surface area contributed by atoms with Crippen molar-refractivity contribution in [3.05, 3.63) is 292 Å². The van der Waals surface area contributed by atoms with E-state index in [1.165, 1.54) is 169 Å². The van der Waals surface area contributed by atoms with Gasteiger partial charge in [-0.2, -0.15) is 0 Å². The van der Waals surface area contributed by atoms with Crippen molar-refractivity contribution in [2.75, 3.05) is 14.7 Å². The van der Waals surface area contributed by atoms with Gasteiger partial charge in [-0.25, -0.2) is 0 Å². The summed E-state index contributed by atoms with van der Waals surface area (Å²) >= 11 is 0. The van der Waals surface area contributed by atoms with Crippen LogP contribution in [0, 0.1) is 0 Å². The molecule has 0 bridgehead atoms. The number of anilines is 8. The fraction of sp³-hybridized carbons (Fsp3) is 0.298. The molecule has 0 radical (unpaired) electrons. The molecule has 3 aliphatic heterocycles. The van der Waals surface area contributed by atoms with Gasteiger partial charge in [-0.3, -0.25) is 0 Å². The Morgan fingerprint density at radius 1 is 0.306 bits per heavy atom. The third kappa shape index (κ3) is 8.80. The maximum Gasteiger partial charge on any atom is 0.252 e. The topological polar surface area (TPSA) is 9.72 Å². The molecule has 3 nitrogen and oxygen atoms in total. The van der Waals surface area contributed by atoms with Crippen molar-refractivity contribution in [3.8, 4) is 33.4 Å². The Hall–Kier alpha value is -9.12. The molecule has 0 spiro atoms. The van der Waals surface area contributed by atoms with Crippen molar-refractivity contribution in [1.29, 1.82) is 0 Å². The summed E-state index contributed by atoms with van der Waals surface area (Å²) in [5, 5.41) is 0. The number of benzene rings is 11. The van der Waals surface area contributed by atoms with E-state index < -0.39 is 0 Å². The molecule has 3 aliphatic carbocycles. The fourth-order valence-corrected chi connectivity index (χ4v) is 19.6. The van der Waals surface area contributed by atoms with Gasteiger partial charge < -0.3 is 14.7 Å². The van der Waals surface area contributed by atoms with Gasteiger partial charge in [-0.15, -0.1) is 0 Å². The quantitative estimate of drug-likeness (QED) is 0.154. The molecule has 488 valence electrons. The molecule has 0 aromatic heterocycles. The molecular weight excluding hydrogens is 1180 g/mol. The Labute approximate surface area is 584 Å². The predicted molar refractivity (Wildman–Crippen MR) is 418 cm³/mol. The van der Waals surface area contributed by atoms with E-state index in [2.05, 4.69) is 356 Å². The molecule has 1 fully saturated rings. The second-order valence-electron chi connectivity index (χ2n) is 34.4. The van der Waals surface area contributed by atoms with Crippen LogP contribution in [0.25, 0.3) is 33.4 Å². The monoisotopic (exact) mass is 1280 g/mol. The molecular formula is C94H94BN3. The minimum absolute atomic E-state index is 0.106. The average Bonchev–Trinajstić information content (AvgIpc) is 1.05. The van der Waals surface area contributed by atoms with E-state index in [0.717, 1.165) is 12.8 Å². The Morgan fingerprint density at radius 3 is 1.10 bits per heavy atom. The van der Waals surface area contributed by atoms with Crippen LogP contribution in [0.5, 0.6) is 0 Å². The lowest BCUT2D eigenvalue weighted by Crippen LogP contribution is -2.62. The molecule has 2 atom stereocenters. The SMILES string of the molecule is CC(C)(C)c1ccc(N2c3cc4c(cc3B3c5cc6c(cc5N(c5ccc(C(C)(C)C)cc5-c5ccccc5)c5cc(N7c8ccc(-c9ccccc9)cc8C8(C)CCCCC78C)cc2c53)C(C)(C)c2ccccc2C6(C)C)C(C)(C)c2ccccc2C4(C)C)c(-c2ccccc2)c1. The van der Waals surface area contributed by atoms with Crippen molar-refractivity contribution in [2.45, 2.75) is 180 Å². The average molecular weight is 1280 g/mol. The normalized spacial score (nSPS) is 20.0. The minimum Gasteiger partial charge on any atom is -0.334 e. The Morgan fingerprint density at radius 2 is 0.684 bits per heavy atom. The molecule has 0 amide bonds. The first-order valence-electron chi connectivity index (χ1n) is 36.4. The Bertz CT molecular complexity index is 4860. The zero-order valence-electron chi connectivity index (χ0n) is 60.7. The van der Waals surface area contributed by atoms with E-state index in [9.17, 15) is 0 Å². The van der Waals surface area contributed by atoms with Gasteiger partial charge in [-0.1, -0.05) is 287 Å². The highest BCUT2D eigenvalue weighted by Crippen LogP contribution is 2.64. The van der Waals surface area contributed by atoms with Gasteiger partial charge >= 0.3 is 0 Å². The molecule has 1 saturated carbocycles. The minimum atomic E-state index is -0.317. The maximum absolute atomic E-state index is 2.87. The first kappa shape index (κ1) is 62.4. The summed E-state index contributed by atoms with van der Waals surface area (Å²) in [6.07, 6.45) is 4.56. The van der Waals surface area contributed by atoms with Gasteiger partial charge in [0, 0.05) is 72.3 Å². The van der Waals surface area contributed by atoms with Crippen LogP contribution in [0.1, 0.15) is 198 Å². The summed E-state index contributed by atoms with van der Waals surface area (Å²) in [6.45, 7) is 39.2. The van der Waals surface area contributed by atoms with Crippen molar-refractivity contribution >= 4 is 68.6 Å². The first-order valence-corrected chi connectivity index (χ1v) is 36.4. The highest BCUT2D eigenvalue weighted by Gasteiger charge is 2.59. The summed E-state index contributed by atoms with van der Waals surface area (Å²) in [7, 11) is 0. The van der Waals surface area contributed by atoms with Crippen LogP contribution in [0.3, 0.4) is 0 Å². The number of hydrogen-bond acceptors (Lipinski definition) is 3. The number of nitrogens with zero attached hydrogens (tertiary/aromatic N) is 3. The van der Waals surface area contributed by atoms with Crippen LogP contribution < -0.4 is 31.1 Å². The largest absolute Gasteiger partial charge is 0.334 e. The van der Waals surface area contributed by atoms with Crippen molar-refractivity contribution in [3.63, 3.8) is 0 Å². The van der Waals surface area contributed by atoms with Gasteiger partial charge in [-0.05, 0) is 191 Å². The molecule has 11 aromatic rings. The van der Waals surface area contributed by atoms with Crippen LogP contribution in [0.4, 0.5) is 45.5 Å². The molecule has 2 unspecified atom stereocenters. The fourth-order valence-electron chi connectivity index (χ4n) is 19.6. The van der Waals surface area contributed by atoms with Crippen molar-refractivity contribution in [1.82, 2.24) is 0 Å². The van der Waals surface area contributed by atoms with Crippen LogP contribution in [0.15, 0.2) is 231 Å². The maximum atomic E-state index is 2.87. The first-order chi connectivity index (χ1) is 46.6. The summed E-state index contributed by atoms with van der Waals surface area (Å²) in [5.74, 6) is 0. The third-order valence-electron chi connectivity index (χ3n) is 25.4. The van der Waals surface area contributed by atoms with E-state index in [1.54, 1.807) is 0 Å². The van der Waals surface area contributed by atoms with E-state index in [0.29, 0.717) is 0 Å². The standard InChI is InChI=1S/C94H94BN3/c1-87(2,3)63-43-46-79(66(51-63)60-34-22-18-23-35-60)96-82-57-74-72(89(7,8)68-38-26-28-40-70(68)91(74,11)12)55-77(82)95-78-56-73-75(92(13,14)71-41-29-27-39-69(71)90(73,9)10)58-83(78)97(80-47-44-64(88(4,5)6)52-67(80)61-36-24-19-25-37-61)85-54-65(53-84(96)86(85)95)98-81-45-42-62(59-32-20-17-21-33-59)50-76(81)93(15)48-30-31-49-94(93,98)16/h17-29,32-47,50-58H,30-31,48-49H2,1-16H3. The van der Waals surface area contributed by atoms with Crippen molar-refractivity contribution < 1.29 is 0 Å². The lowest BCUT2D eigenvalue weighted by molar-refractivity contribution is 0.195. The lowest BCUT2D eigenvalue weighted by atomic mass is 9.32. The summed E-state index contributed by atoms with van der Waals surface area (Å²) in [5.41, 5.74) is 34.7. The Balaban J connectivity index is 1.07. The summed E-state index contributed by atoms with van der Waals surface area (Å²) in [4.78, 5) is 8.45. The zero-order valence-corrected chi connectivity index (χ0v) is 60.7. The molecule has 11 aromatic carbocycles. The molecule has 98 heavy (non-hydrogen) atoms. The smallest absolute Gasteiger partial charge is 0.252 e. The number of hydrogen-bond donors (Lipinski definition) is 0.